The Kier molecular flexibility index (Phi) is 4.34. The van der Waals surface area contributed by atoms with E-state index in [9.17, 15) is 9.59 Å². The fourth-order valence-corrected chi connectivity index (χ4v) is 2.66. The Morgan fingerprint density at radius 1 is 1.38 bits per heavy atom. The molecule has 0 unspecified atom stereocenters. The van der Waals surface area contributed by atoms with Crippen molar-refractivity contribution in [3.05, 3.63) is 17.0 Å². The van der Waals surface area contributed by atoms with E-state index in [1.54, 1.807) is 18.7 Å². The van der Waals surface area contributed by atoms with Gasteiger partial charge in [0.2, 0.25) is 5.91 Å². The molecule has 1 aliphatic rings. The molecular weight excluding hydrogens is 272 g/mol. The number of aryl methyl sites for hydroxylation is 2. The SMILES string of the molecule is Cc1noc(C)c1[C@H](C)C(=O)N(C[C@H](C)C(=O)O)C1CC1. The first kappa shape index (κ1) is 15.5. The first-order valence-electron chi connectivity index (χ1n) is 7.29. The average molecular weight is 294 g/mol. The lowest BCUT2D eigenvalue weighted by molar-refractivity contribution is -0.143. The predicted octanol–water partition coefficient (Wildman–Crippen LogP) is 2.11. The van der Waals surface area contributed by atoms with Crippen LogP contribution in [0.1, 0.15) is 49.6 Å². The lowest BCUT2D eigenvalue weighted by Gasteiger charge is -2.27. The van der Waals surface area contributed by atoms with E-state index in [1.165, 1.54) is 0 Å². The number of carbonyl (C=O) groups excluding carboxylic acids is 1. The summed E-state index contributed by atoms with van der Waals surface area (Å²) in [7, 11) is 0. The third-order valence-corrected chi connectivity index (χ3v) is 4.05. The monoisotopic (exact) mass is 294 g/mol. The van der Waals surface area contributed by atoms with Crippen molar-refractivity contribution in [1.29, 1.82) is 0 Å². The van der Waals surface area contributed by atoms with Crippen LogP contribution >= 0.6 is 0 Å². The molecule has 0 aromatic carbocycles. The topological polar surface area (TPSA) is 83.6 Å². The normalized spacial score (nSPS) is 17.3. The summed E-state index contributed by atoms with van der Waals surface area (Å²) in [6.07, 6.45) is 1.90. The van der Waals surface area contributed by atoms with Crippen molar-refractivity contribution < 1.29 is 19.2 Å². The molecule has 2 atom stereocenters. The molecule has 1 heterocycles. The van der Waals surface area contributed by atoms with Gasteiger partial charge in [0.05, 0.1) is 17.5 Å². The lowest BCUT2D eigenvalue weighted by Crippen LogP contribution is -2.40. The van der Waals surface area contributed by atoms with Crippen LogP contribution < -0.4 is 0 Å². The van der Waals surface area contributed by atoms with Crippen molar-refractivity contribution in [2.75, 3.05) is 6.54 Å². The van der Waals surface area contributed by atoms with Crippen LogP contribution in [0.5, 0.6) is 0 Å². The second-order valence-corrected chi connectivity index (χ2v) is 5.92. The van der Waals surface area contributed by atoms with Gasteiger partial charge >= 0.3 is 5.97 Å². The molecule has 2 rings (SSSR count). The highest BCUT2D eigenvalue weighted by molar-refractivity contribution is 5.85. The summed E-state index contributed by atoms with van der Waals surface area (Å²) in [6, 6.07) is 0.183. The lowest BCUT2D eigenvalue weighted by atomic mass is 9.97. The zero-order valence-corrected chi connectivity index (χ0v) is 12.9. The standard InChI is InChI=1S/C15H22N2O4/c1-8(15(19)20)7-17(12-5-6-12)14(18)9(2)13-10(3)16-21-11(13)4/h8-9,12H,5-7H2,1-4H3,(H,19,20)/t8-,9-/m0/s1. The summed E-state index contributed by atoms with van der Waals surface area (Å²) in [5, 5.41) is 13.0. The molecule has 21 heavy (non-hydrogen) atoms. The quantitative estimate of drug-likeness (QED) is 0.868. The van der Waals surface area contributed by atoms with Crippen LogP contribution in [0, 0.1) is 19.8 Å². The molecule has 1 N–H and O–H groups in total. The van der Waals surface area contributed by atoms with Gasteiger partial charge in [0.25, 0.3) is 0 Å². The molecule has 1 amide bonds. The largest absolute Gasteiger partial charge is 0.481 e. The summed E-state index contributed by atoms with van der Waals surface area (Å²) >= 11 is 0. The van der Waals surface area contributed by atoms with Gasteiger partial charge < -0.3 is 14.5 Å². The summed E-state index contributed by atoms with van der Waals surface area (Å²) in [6.45, 7) is 7.32. The highest BCUT2D eigenvalue weighted by Crippen LogP contribution is 2.32. The van der Waals surface area contributed by atoms with Crippen LogP contribution in [0.4, 0.5) is 0 Å². The molecule has 0 radical (unpaired) electrons. The van der Waals surface area contributed by atoms with E-state index >= 15 is 0 Å². The van der Waals surface area contributed by atoms with Crippen LogP contribution in [0.3, 0.4) is 0 Å². The van der Waals surface area contributed by atoms with Gasteiger partial charge in [0.15, 0.2) is 0 Å². The number of hydrogen-bond acceptors (Lipinski definition) is 4. The second kappa shape index (κ2) is 5.87. The van der Waals surface area contributed by atoms with Gasteiger partial charge in [-0.2, -0.15) is 0 Å². The number of rotatable bonds is 6. The fourth-order valence-electron chi connectivity index (χ4n) is 2.66. The Bertz CT molecular complexity index is 528. The van der Waals surface area contributed by atoms with Gasteiger partial charge in [-0.1, -0.05) is 12.1 Å². The molecule has 1 aromatic heterocycles. The van der Waals surface area contributed by atoms with Crippen molar-refractivity contribution in [2.24, 2.45) is 5.92 Å². The first-order chi connectivity index (χ1) is 9.82. The van der Waals surface area contributed by atoms with Gasteiger partial charge in [-0.3, -0.25) is 9.59 Å². The summed E-state index contributed by atoms with van der Waals surface area (Å²) in [5.41, 5.74) is 1.53. The Balaban J connectivity index is 2.17. The van der Waals surface area contributed by atoms with Crippen LogP contribution in [-0.4, -0.2) is 39.6 Å². The Morgan fingerprint density at radius 3 is 2.43 bits per heavy atom. The molecule has 1 aromatic rings. The molecule has 0 bridgehead atoms. The number of aromatic nitrogens is 1. The van der Waals surface area contributed by atoms with Crippen LogP contribution in [-0.2, 0) is 9.59 Å². The highest BCUT2D eigenvalue weighted by atomic mass is 16.5. The minimum absolute atomic E-state index is 0.0417. The van der Waals surface area contributed by atoms with Crippen molar-refractivity contribution in [3.8, 4) is 0 Å². The van der Waals surface area contributed by atoms with Crippen LogP contribution in [0.2, 0.25) is 0 Å². The van der Waals surface area contributed by atoms with Crippen molar-refractivity contribution in [3.63, 3.8) is 0 Å². The van der Waals surface area contributed by atoms with Crippen molar-refractivity contribution in [2.45, 2.75) is 52.5 Å². The van der Waals surface area contributed by atoms with Gasteiger partial charge in [-0.05, 0) is 33.6 Å². The summed E-state index contributed by atoms with van der Waals surface area (Å²) in [4.78, 5) is 25.5. The van der Waals surface area contributed by atoms with E-state index in [1.807, 2.05) is 13.8 Å². The molecule has 1 saturated carbocycles. The van der Waals surface area contributed by atoms with Crippen molar-refractivity contribution >= 4 is 11.9 Å². The van der Waals surface area contributed by atoms with Crippen LogP contribution in [0.15, 0.2) is 4.52 Å². The molecule has 1 aliphatic carbocycles. The van der Waals surface area contributed by atoms with Gasteiger partial charge in [-0.15, -0.1) is 0 Å². The average Bonchev–Trinajstić information content (AvgIpc) is 3.20. The summed E-state index contributed by atoms with van der Waals surface area (Å²) < 4.78 is 5.13. The molecule has 0 aliphatic heterocycles. The van der Waals surface area contributed by atoms with Gasteiger partial charge in [-0.25, -0.2) is 0 Å². The third-order valence-electron chi connectivity index (χ3n) is 4.05. The predicted molar refractivity (Wildman–Crippen MR) is 75.9 cm³/mol. The highest BCUT2D eigenvalue weighted by Gasteiger charge is 2.37. The smallest absolute Gasteiger partial charge is 0.308 e. The van der Waals surface area contributed by atoms with E-state index < -0.39 is 11.9 Å². The molecule has 6 heteroatoms. The number of amides is 1. The molecule has 0 saturated heterocycles. The molecule has 1 fully saturated rings. The number of nitrogens with zero attached hydrogens (tertiary/aromatic N) is 2. The number of hydrogen-bond donors (Lipinski definition) is 1. The van der Waals surface area contributed by atoms with E-state index in [0.29, 0.717) is 5.76 Å². The Labute approximate surface area is 124 Å². The van der Waals surface area contributed by atoms with E-state index in [-0.39, 0.29) is 24.4 Å². The Morgan fingerprint density at radius 2 is 2.00 bits per heavy atom. The number of aliphatic carboxylic acids is 1. The maximum Gasteiger partial charge on any atom is 0.308 e. The van der Waals surface area contributed by atoms with E-state index in [4.69, 9.17) is 9.63 Å². The number of carboxylic acids is 1. The maximum atomic E-state index is 12.7. The third kappa shape index (κ3) is 3.25. The van der Waals surface area contributed by atoms with Crippen molar-refractivity contribution in [1.82, 2.24) is 10.1 Å². The second-order valence-electron chi connectivity index (χ2n) is 5.92. The zero-order valence-electron chi connectivity index (χ0n) is 12.9. The minimum Gasteiger partial charge on any atom is -0.481 e. The number of carboxylic acid groups (broad SMARTS) is 1. The van der Waals surface area contributed by atoms with Gasteiger partial charge in [0, 0.05) is 18.2 Å². The molecule has 6 nitrogen and oxygen atoms in total. The maximum absolute atomic E-state index is 12.7. The fraction of sp³-hybridized carbons (Fsp3) is 0.667. The first-order valence-corrected chi connectivity index (χ1v) is 7.29. The van der Waals surface area contributed by atoms with E-state index in [2.05, 4.69) is 5.16 Å². The number of carbonyl (C=O) groups is 2. The summed E-state index contributed by atoms with van der Waals surface area (Å²) in [5.74, 6) is -1.20. The zero-order chi connectivity index (χ0) is 15.7. The van der Waals surface area contributed by atoms with Gasteiger partial charge in [0.1, 0.15) is 5.76 Å². The van der Waals surface area contributed by atoms with E-state index in [0.717, 1.165) is 24.1 Å². The molecular formula is C15H22N2O4. The molecule has 116 valence electrons. The Hall–Kier alpha value is -1.85. The molecule has 0 spiro atoms. The van der Waals surface area contributed by atoms with Crippen LogP contribution in [0.25, 0.3) is 0 Å². The minimum atomic E-state index is -0.876.